The molecule has 0 radical (unpaired) electrons. The molecule has 2 aliphatic rings. The molecule has 1 saturated heterocycles. The summed E-state index contributed by atoms with van der Waals surface area (Å²) in [6.07, 6.45) is 4.09. The van der Waals surface area contributed by atoms with Gasteiger partial charge in [0.25, 0.3) is 0 Å². The predicted octanol–water partition coefficient (Wildman–Crippen LogP) is 1.99. The number of imide groups is 1. The molecule has 1 spiro atoms. The fourth-order valence-electron chi connectivity index (χ4n) is 3.02. The van der Waals surface area contributed by atoms with Crippen LogP contribution in [0.4, 0.5) is 5.13 Å². The van der Waals surface area contributed by atoms with E-state index in [9.17, 15) is 9.59 Å². The number of rotatable bonds is 2. The summed E-state index contributed by atoms with van der Waals surface area (Å²) in [4.78, 5) is 30.3. The number of anilines is 1. The van der Waals surface area contributed by atoms with Crippen LogP contribution in [0.25, 0.3) is 0 Å². The standard InChI is InChI=1S/C13H17N3O2S/c1-8(14)9-7-19-12(15-9)16-10(17)6-13(11(16)18)4-2-3-5-13/h7-8H,2-6,14H2,1H3. The zero-order chi connectivity index (χ0) is 13.6. The lowest BCUT2D eigenvalue weighted by Crippen LogP contribution is -2.34. The topological polar surface area (TPSA) is 76.3 Å². The number of carbonyl (C=O) groups is 2. The second kappa shape index (κ2) is 4.38. The number of carbonyl (C=O) groups excluding carboxylic acids is 2. The number of hydrogen-bond donors (Lipinski definition) is 1. The number of nitrogens with two attached hydrogens (primary N) is 1. The number of thiazole rings is 1. The summed E-state index contributed by atoms with van der Waals surface area (Å²) in [5, 5.41) is 2.30. The summed E-state index contributed by atoms with van der Waals surface area (Å²) in [5.41, 5.74) is 6.06. The van der Waals surface area contributed by atoms with Gasteiger partial charge in [0.05, 0.1) is 11.1 Å². The Morgan fingerprint density at radius 1 is 1.42 bits per heavy atom. The number of aromatic nitrogens is 1. The number of nitrogens with zero attached hydrogens (tertiary/aromatic N) is 2. The maximum Gasteiger partial charge on any atom is 0.242 e. The van der Waals surface area contributed by atoms with Crippen molar-refractivity contribution < 1.29 is 9.59 Å². The first kappa shape index (κ1) is 12.7. The van der Waals surface area contributed by atoms with E-state index in [2.05, 4.69) is 4.98 Å². The molecule has 3 rings (SSSR count). The Bertz CT molecular complexity index is 532. The van der Waals surface area contributed by atoms with Gasteiger partial charge in [-0.15, -0.1) is 11.3 Å². The Morgan fingerprint density at radius 3 is 2.68 bits per heavy atom. The van der Waals surface area contributed by atoms with Gasteiger partial charge >= 0.3 is 0 Å². The van der Waals surface area contributed by atoms with Gasteiger partial charge in [0.2, 0.25) is 11.8 Å². The van der Waals surface area contributed by atoms with Crippen LogP contribution in [0.15, 0.2) is 5.38 Å². The molecule has 1 unspecified atom stereocenters. The van der Waals surface area contributed by atoms with E-state index in [0.717, 1.165) is 31.4 Å². The minimum Gasteiger partial charge on any atom is -0.323 e. The molecule has 0 aromatic carbocycles. The molecular formula is C13H17N3O2S. The second-order valence-corrected chi connectivity index (χ2v) is 6.38. The van der Waals surface area contributed by atoms with Gasteiger partial charge in [0.1, 0.15) is 0 Å². The van der Waals surface area contributed by atoms with Gasteiger partial charge in [-0.1, -0.05) is 12.8 Å². The van der Waals surface area contributed by atoms with Crippen molar-refractivity contribution in [2.75, 3.05) is 4.90 Å². The monoisotopic (exact) mass is 279 g/mol. The molecule has 102 valence electrons. The van der Waals surface area contributed by atoms with Crippen molar-refractivity contribution in [2.24, 2.45) is 11.1 Å². The highest BCUT2D eigenvalue weighted by atomic mass is 32.1. The van der Waals surface area contributed by atoms with Crippen molar-refractivity contribution in [1.29, 1.82) is 0 Å². The van der Waals surface area contributed by atoms with Gasteiger partial charge in [-0.3, -0.25) is 9.59 Å². The van der Waals surface area contributed by atoms with E-state index in [-0.39, 0.29) is 17.9 Å². The van der Waals surface area contributed by atoms with E-state index >= 15 is 0 Å². The Hall–Kier alpha value is -1.27. The van der Waals surface area contributed by atoms with Crippen molar-refractivity contribution in [2.45, 2.75) is 45.1 Å². The first-order chi connectivity index (χ1) is 9.03. The van der Waals surface area contributed by atoms with Gasteiger partial charge in [-0.2, -0.15) is 0 Å². The van der Waals surface area contributed by atoms with Gasteiger partial charge < -0.3 is 5.73 Å². The van der Waals surface area contributed by atoms with Crippen molar-refractivity contribution in [1.82, 2.24) is 4.98 Å². The first-order valence-corrected chi connectivity index (χ1v) is 7.50. The Labute approximate surface area is 115 Å². The van der Waals surface area contributed by atoms with Crippen LogP contribution in [0.3, 0.4) is 0 Å². The maximum atomic E-state index is 12.6. The molecule has 2 fully saturated rings. The highest BCUT2D eigenvalue weighted by Gasteiger charge is 2.53. The summed E-state index contributed by atoms with van der Waals surface area (Å²) < 4.78 is 0. The van der Waals surface area contributed by atoms with Crippen LogP contribution >= 0.6 is 11.3 Å². The van der Waals surface area contributed by atoms with Crippen molar-refractivity contribution in [3.8, 4) is 0 Å². The largest absolute Gasteiger partial charge is 0.323 e. The third kappa shape index (κ3) is 1.90. The highest BCUT2D eigenvalue weighted by Crippen LogP contribution is 2.48. The molecule has 19 heavy (non-hydrogen) atoms. The third-order valence-corrected chi connectivity index (χ3v) is 4.97. The molecular weight excluding hydrogens is 262 g/mol. The highest BCUT2D eigenvalue weighted by molar-refractivity contribution is 7.14. The molecule has 1 saturated carbocycles. The maximum absolute atomic E-state index is 12.6. The molecule has 6 heteroatoms. The molecule has 1 atom stereocenters. The van der Waals surface area contributed by atoms with Crippen LogP contribution in [0.5, 0.6) is 0 Å². The molecule has 2 amide bonds. The second-order valence-electron chi connectivity index (χ2n) is 5.54. The van der Waals surface area contributed by atoms with E-state index in [1.165, 1.54) is 16.2 Å². The quantitative estimate of drug-likeness (QED) is 0.840. The summed E-state index contributed by atoms with van der Waals surface area (Å²) in [5.74, 6) is -0.168. The van der Waals surface area contributed by atoms with Crippen molar-refractivity contribution in [3.05, 3.63) is 11.1 Å². The summed E-state index contributed by atoms with van der Waals surface area (Å²) in [6, 6.07) is -0.182. The van der Waals surface area contributed by atoms with Crippen LogP contribution in [0.1, 0.15) is 50.8 Å². The average molecular weight is 279 g/mol. The summed E-state index contributed by atoms with van der Waals surface area (Å²) in [6.45, 7) is 1.84. The lowest BCUT2D eigenvalue weighted by molar-refractivity contribution is -0.125. The minimum atomic E-state index is -0.433. The smallest absolute Gasteiger partial charge is 0.242 e. The fourth-order valence-corrected chi connectivity index (χ4v) is 3.96. The van der Waals surface area contributed by atoms with Crippen molar-refractivity contribution in [3.63, 3.8) is 0 Å². The first-order valence-electron chi connectivity index (χ1n) is 6.62. The van der Waals surface area contributed by atoms with Crippen LogP contribution in [-0.2, 0) is 9.59 Å². The Morgan fingerprint density at radius 2 is 2.11 bits per heavy atom. The molecule has 1 aromatic heterocycles. The van der Waals surface area contributed by atoms with Crippen molar-refractivity contribution >= 4 is 28.3 Å². The van der Waals surface area contributed by atoms with E-state index in [1.54, 1.807) is 0 Å². The zero-order valence-electron chi connectivity index (χ0n) is 10.9. The molecule has 2 heterocycles. The number of amides is 2. The predicted molar refractivity (Wildman–Crippen MR) is 72.7 cm³/mol. The van der Waals surface area contributed by atoms with Crippen LogP contribution in [-0.4, -0.2) is 16.8 Å². The number of hydrogen-bond acceptors (Lipinski definition) is 5. The zero-order valence-corrected chi connectivity index (χ0v) is 11.7. The van der Waals surface area contributed by atoms with Gasteiger partial charge in [-0.25, -0.2) is 9.88 Å². The Kier molecular flexibility index (Phi) is 2.94. The van der Waals surface area contributed by atoms with E-state index < -0.39 is 5.41 Å². The lowest BCUT2D eigenvalue weighted by atomic mass is 9.85. The molecule has 5 nitrogen and oxygen atoms in total. The summed E-state index contributed by atoms with van der Waals surface area (Å²) in [7, 11) is 0. The molecule has 1 aromatic rings. The molecule has 1 aliphatic carbocycles. The normalized spacial score (nSPS) is 23.6. The minimum absolute atomic E-state index is 0.0550. The molecule has 2 N–H and O–H groups in total. The van der Waals surface area contributed by atoms with Crippen LogP contribution < -0.4 is 10.6 Å². The van der Waals surface area contributed by atoms with E-state index in [1.807, 2.05) is 12.3 Å². The molecule has 1 aliphatic heterocycles. The SMILES string of the molecule is CC(N)c1csc(N2C(=O)CC3(CCCC3)C2=O)n1. The van der Waals surface area contributed by atoms with Crippen LogP contribution in [0, 0.1) is 5.41 Å². The average Bonchev–Trinajstić information content (AvgIpc) is 3.02. The Balaban J connectivity index is 1.92. The van der Waals surface area contributed by atoms with Gasteiger partial charge in [-0.05, 0) is 19.8 Å². The third-order valence-electron chi connectivity index (χ3n) is 4.12. The van der Waals surface area contributed by atoms with E-state index in [4.69, 9.17) is 5.73 Å². The van der Waals surface area contributed by atoms with E-state index in [0.29, 0.717) is 11.6 Å². The molecule has 0 bridgehead atoms. The van der Waals surface area contributed by atoms with Gasteiger partial charge in [0.15, 0.2) is 5.13 Å². The summed E-state index contributed by atoms with van der Waals surface area (Å²) >= 11 is 1.32. The van der Waals surface area contributed by atoms with Crippen LogP contribution in [0.2, 0.25) is 0 Å². The lowest BCUT2D eigenvalue weighted by Gasteiger charge is -2.19. The van der Waals surface area contributed by atoms with Gasteiger partial charge in [0, 0.05) is 17.8 Å². The fraction of sp³-hybridized carbons (Fsp3) is 0.615.